The molecule has 4 aromatic rings. The van der Waals surface area contributed by atoms with Crippen LogP contribution in [0.5, 0.6) is 5.75 Å². The van der Waals surface area contributed by atoms with Crippen LogP contribution in [-0.2, 0) is 23.1 Å². The second-order valence-corrected chi connectivity index (χ2v) is 11.5. The second kappa shape index (κ2) is 12.2. The molecule has 6 nitrogen and oxygen atoms in total. The molecule has 5 rings (SSSR count). The van der Waals surface area contributed by atoms with E-state index in [1.54, 1.807) is 6.20 Å². The van der Waals surface area contributed by atoms with E-state index in [1.807, 2.05) is 49.4 Å². The highest BCUT2D eigenvalue weighted by Crippen LogP contribution is 2.26. The van der Waals surface area contributed by atoms with Gasteiger partial charge in [-0.1, -0.05) is 55.1 Å². The van der Waals surface area contributed by atoms with Gasteiger partial charge >= 0.3 is 0 Å². The van der Waals surface area contributed by atoms with Gasteiger partial charge in [0.1, 0.15) is 12.4 Å². The summed E-state index contributed by atoms with van der Waals surface area (Å²) in [6.07, 6.45) is 8.12. The van der Waals surface area contributed by atoms with E-state index in [-0.39, 0.29) is 5.75 Å². The fourth-order valence-electron chi connectivity index (χ4n) is 5.02. The molecule has 1 aliphatic rings. The van der Waals surface area contributed by atoms with Crippen LogP contribution in [0.25, 0.3) is 11.0 Å². The lowest BCUT2D eigenvalue weighted by atomic mass is 9.94. The topological polar surface area (TPSA) is 71.1 Å². The van der Waals surface area contributed by atoms with E-state index in [4.69, 9.17) is 16.3 Å². The zero-order valence-corrected chi connectivity index (χ0v) is 22.7. The first kappa shape index (κ1) is 25.9. The summed E-state index contributed by atoms with van der Waals surface area (Å²) < 4.78 is 19.3. The number of fused-ring (bicyclic) bond motifs is 1. The second-order valence-electron chi connectivity index (χ2n) is 9.67. The number of aromatic amines is 1. The number of hydrogen-bond donors (Lipinski definition) is 1. The molecule has 194 valence electrons. The number of hydrogen-bond acceptors (Lipinski definition) is 5. The molecule has 2 heterocycles. The zero-order chi connectivity index (χ0) is 25.6. The van der Waals surface area contributed by atoms with Gasteiger partial charge in [-0.25, -0.2) is 4.98 Å². The Labute approximate surface area is 225 Å². The van der Waals surface area contributed by atoms with Crippen LogP contribution in [0.15, 0.2) is 66.0 Å². The molecule has 0 radical (unpaired) electrons. The molecule has 1 aliphatic carbocycles. The summed E-state index contributed by atoms with van der Waals surface area (Å²) in [5.74, 6) is 1.08. The summed E-state index contributed by atoms with van der Waals surface area (Å²) in [6, 6.07) is 18.3. The Morgan fingerprint density at radius 1 is 1.08 bits per heavy atom. The number of para-hydroxylation sites is 2. The number of aromatic nitrogens is 3. The average Bonchev–Trinajstić information content (AvgIpc) is 3.36. The van der Waals surface area contributed by atoms with Crippen LogP contribution in [0, 0.1) is 6.92 Å². The zero-order valence-electron chi connectivity index (χ0n) is 21.2. The Kier molecular flexibility index (Phi) is 8.54. The third-order valence-corrected chi connectivity index (χ3v) is 8.55. The number of benzene rings is 2. The van der Waals surface area contributed by atoms with Gasteiger partial charge in [0.2, 0.25) is 0 Å². The molecule has 37 heavy (non-hydrogen) atoms. The first-order valence-corrected chi connectivity index (χ1v) is 14.7. The van der Waals surface area contributed by atoms with Crippen molar-refractivity contribution in [1.82, 2.24) is 19.9 Å². The van der Waals surface area contributed by atoms with Gasteiger partial charge in [-0.15, -0.1) is 0 Å². The summed E-state index contributed by atoms with van der Waals surface area (Å²) in [6.45, 7) is 4.30. The molecule has 1 N–H and O–H groups in total. The fourth-order valence-corrected chi connectivity index (χ4v) is 6.25. The lowest BCUT2D eigenvalue weighted by Gasteiger charge is -2.34. The molecule has 0 aliphatic heterocycles. The summed E-state index contributed by atoms with van der Waals surface area (Å²) >= 11 is 6.10. The normalized spacial score (nSPS) is 15.3. The van der Waals surface area contributed by atoms with Gasteiger partial charge in [0.15, 0.2) is 5.16 Å². The number of pyridine rings is 1. The molecule has 0 amide bonds. The standard InChI is InChI=1S/C29H33ClN4O2S/c1-21-27(20-37(35)29-32-25-9-5-6-10-26(25)33-29)31-16-15-28(21)36-18-17-34(24-7-3-2-4-8-24)19-22-11-13-23(30)14-12-22/h5-6,9-16,24H,2-4,7-8,17-20H2,1H3,(H,32,33). The van der Waals surface area contributed by atoms with Crippen molar-refractivity contribution in [1.29, 1.82) is 0 Å². The molecule has 0 spiro atoms. The van der Waals surface area contributed by atoms with Crippen molar-refractivity contribution in [3.8, 4) is 5.75 Å². The smallest absolute Gasteiger partial charge is 0.197 e. The van der Waals surface area contributed by atoms with Crippen LogP contribution >= 0.6 is 11.6 Å². The molecule has 8 heteroatoms. The number of nitrogens with zero attached hydrogens (tertiary/aromatic N) is 3. The van der Waals surface area contributed by atoms with Crippen LogP contribution < -0.4 is 4.74 Å². The quantitative estimate of drug-likeness (QED) is 0.252. The molecule has 0 bridgehead atoms. The maximum atomic E-state index is 13.0. The van der Waals surface area contributed by atoms with Crippen LogP contribution in [0.4, 0.5) is 0 Å². The van der Waals surface area contributed by atoms with E-state index in [9.17, 15) is 4.21 Å². The monoisotopic (exact) mass is 536 g/mol. The Morgan fingerprint density at radius 3 is 2.65 bits per heavy atom. The molecule has 2 aromatic carbocycles. The van der Waals surface area contributed by atoms with Gasteiger partial charge in [0.25, 0.3) is 0 Å². The van der Waals surface area contributed by atoms with Gasteiger partial charge in [-0.2, -0.15) is 0 Å². The minimum absolute atomic E-state index is 0.285. The first-order valence-electron chi connectivity index (χ1n) is 13.0. The van der Waals surface area contributed by atoms with Crippen LogP contribution in [0.3, 0.4) is 0 Å². The number of imidazole rings is 1. The predicted molar refractivity (Wildman–Crippen MR) is 149 cm³/mol. The van der Waals surface area contributed by atoms with Crippen molar-refractivity contribution in [2.45, 2.75) is 62.5 Å². The first-order chi connectivity index (χ1) is 18.1. The Bertz CT molecular complexity index is 1320. The lowest BCUT2D eigenvalue weighted by molar-refractivity contribution is 0.123. The lowest BCUT2D eigenvalue weighted by Crippen LogP contribution is -2.39. The fraction of sp³-hybridized carbons (Fsp3) is 0.379. The van der Waals surface area contributed by atoms with Crippen LogP contribution in [0.2, 0.25) is 5.02 Å². The molecular weight excluding hydrogens is 504 g/mol. The summed E-state index contributed by atoms with van der Waals surface area (Å²) in [7, 11) is -1.33. The van der Waals surface area contributed by atoms with E-state index < -0.39 is 10.8 Å². The SMILES string of the molecule is Cc1c(OCCN(Cc2ccc(Cl)cc2)C2CCCCC2)ccnc1CS(=O)c1nc2ccccc2[nH]1. The van der Waals surface area contributed by atoms with E-state index in [0.717, 1.165) is 46.2 Å². The number of rotatable bonds is 10. The van der Waals surface area contributed by atoms with Crippen molar-refractivity contribution in [2.75, 3.05) is 13.2 Å². The minimum atomic E-state index is -1.33. The third-order valence-electron chi connectivity index (χ3n) is 7.14. The molecular formula is C29H33ClN4O2S. The third kappa shape index (κ3) is 6.58. The molecule has 1 unspecified atom stereocenters. The van der Waals surface area contributed by atoms with E-state index in [0.29, 0.717) is 17.8 Å². The number of halogens is 1. The van der Waals surface area contributed by atoms with Crippen molar-refractivity contribution < 1.29 is 8.95 Å². The van der Waals surface area contributed by atoms with E-state index >= 15 is 0 Å². The summed E-state index contributed by atoms with van der Waals surface area (Å²) in [4.78, 5) is 14.7. The maximum Gasteiger partial charge on any atom is 0.197 e. The molecule has 2 aromatic heterocycles. The highest BCUT2D eigenvalue weighted by atomic mass is 35.5. The van der Waals surface area contributed by atoms with E-state index in [1.165, 1.54) is 37.7 Å². The Balaban J connectivity index is 1.23. The van der Waals surface area contributed by atoms with Crippen molar-refractivity contribution >= 4 is 33.4 Å². The van der Waals surface area contributed by atoms with Gasteiger partial charge in [0.05, 0.1) is 33.3 Å². The van der Waals surface area contributed by atoms with Crippen LogP contribution in [0.1, 0.15) is 48.9 Å². The summed E-state index contributed by atoms with van der Waals surface area (Å²) in [5, 5.41) is 1.24. The Hall–Kier alpha value is -2.74. The molecule has 0 saturated heterocycles. The number of nitrogens with one attached hydrogen (secondary N) is 1. The Morgan fingerprint density at radius 2 is 1.86 bits per heavy atom. The molecule has 1 fully saturated rings. The van der Waals surface area contributed by atoms with Crippen molar-refractivity contribution in [3.05, 3.63) is 82.6 Å². The highest BCUT2D eigenvalue weighted by molar-refractivity contribution is 7.84. The van der Waals surface area contributed by atoms with Gasteiger partial charge in [-0.05, 0) is 55.7 Å². The van der Waals surface area contributed by atoms with Crippen LogP contribution in [-0.4, -0.2) is 43.3 Å². The highest BCUT2D eigenvalue weighted by Gasteiger charge is 2.22. The molecule has 1 saturated carbocycles. The average molecular weight is 537 g/mol. The minimum Gasteiger partial charge on any atom is -0.492 e. The summed E-state index contributed by atoms with van der Waals surface area (Å²) in [5.41, 5.74) is 4.66. The number of H-pyrrole nitrogens is 1. The van der Waals surface area contributed by atoms with Crippen molar-refractivity contribution in [3.63, 3.8) is 0 Å². The number of ether oxygens (including phenoxy) is 1. The predicted octanol–water partition coefficient (Wildman–Crippen LogP) is 6.44. The van der Waals surface area contributed by atoms with Gasteiger partial charge in [0, 0.05) is 35.9 Å². The molecule has 1 atom stereocenters. The van der Waals surface area contributed by atoms with Crippen molar-refractivity contribution in [2.24, 2.45) is 0 Å². The largest absolute Gasteiger partial charge is 0.492 e. The van der Waals surface area contributed by atoms with E-state index in [2.05, 4.69) is 32.0 Å². The van der Waals surface area contributed by atoms with Gasteiger partial charge in [-0.3, -0.25) is 14.1 Å². The van der Waals surface area contributed by atoms with Gasteiger partial charge < -0.3 is 9.72 Å². The maximum absolute atomic E-state index is 13.0.